The molecule has 122 valence electrons. The van der Waals surface area contributed by atoms with Gasteiger partial charge in [-0.05, 0) is 12.5 Å². The average Bonchev–Trinajstić information content (AvgIpc) is 2.45. The van der Waals surface area contributed by atoms with Crippen LogP contribution in [0.4, 0.5) is 8.78 Å². The molecule has 0 aromatic heterocycles. The van der Waals surface area contributed by atoms with Crippen LogP contribution in [-0.2, 0) is 20.7 Å². The lowest BCUT2D eigenvalue weighted by Crippen LogP contribution is -2.46. The van der Waals surface area contributed by atoms with Crippen molar-refractivity contribution in [2.75, 3.05) is 7.11 Å². The summed E-state index contributed by atoms with van der Waals surface area (Å²) in [6.45, 7) is 0.714. The van der Waals surface area contributed by atoms with Crippen molar-refractivity contribution in [3.05, 3.63) is 35.9 Å². The lowest BCUT2D eigenvalue weighted by Gasteiger charge is -2.20. The average molecular weight is 331 g/mol. The SMILES string of the molecule is COC(=O)[C@@H](Cc1ccccc1)NC(=O)[C@H](S)CC(C)(F)F. The Morgan fingerprint density at radius 3 is 2.41 bits per heavy atom. The molecule has 0 spiro atoms. The molecule has 4 nitrogen and oxygen atoms in total. The molecule has 0 heterocycles. The molecule has 2 atom stereocenters. The van der Waals surface area contributed by atoms with E-state index in [0.29, 0.717) is 6.92 Å². The van der Waals surface area contributed by atoms with Gasteiger partial charge < -0.3 is 10.1 Å². The molecule has 0 bridgehead atoms. The monoisotopic (exact) mass is 331 g/mol. The van der Waals surface area contributed by atoms with E-state index >= 15 is 0 Å². The molecule has 0 aliphatic heterocycles. The smallest absolute Gasteiger partial charge is 0.328 e. The zero-order valence-corrected chi connectivity index (χ0v) is 13.3. The van der Waals surface area contributed by atoms with E-state index in [0.717, 1.165) is 5.56 Å². The molecule has 1 aromatic carbocycles. The van der Waals surface area contributed by atoms with E-state index in [1.54, 1.807) is 24.3 Å². The van der Waals surface area contributed by atoms with Gasteiger partial charge in [-0.25, -0.2) is 13.6 Å². The van der Waals surface area contributed by atoms with E-state index in [-0.39, 0.29) is 6.42 Å². The van der Waals surface area contributed by atoms with Crippen molar-refractivity contribution in [2.24, 2.45) is 0 Å². The van der Waals surface area contributed by atoms with Gasteiger partial charge in [0.05, 0.1) is 12.4 Å². The maximum atomic E-state index is 12.9. The second-order valence-electron chi connectivity index (χ2n) is 5.06. The highest BCUT2D eigenvalue weighted by molar-refractivity contribution is 7.81. The van der Waals surface area contributed by atoms with Crippen LogP contribution in [0.1, 0.15) is 18.9 Å². The normalized spacial score (nSPS) is 14.0. The van der Waals surface area contributed by atoms with Gasteiger partial charge >= 0.3 is 5.97 Å². The standard InChI is InChI=1S/C15H19F2NO3S/c1-15(16,17)9-12(22)13(19)18-11(14(20)21-2)8-10-6-4-3-5-7-10/h3-7,11-12,22H,8-9H2,1-2H3,(H,18,19)/t11-,12-/m1/s1. The topological polar surface area (TPSA) is 55.4 Å². The summed E-state index contributed by atoms with van der Waals surface area (Å²) in [5.74, 6) is -4.37. The molecule has 22 heavy (non-hydrogen) atoms. The fraction of sp³-hybridized carbons (Fsp3) is 0.467. The molecule has 0 saturated heterocycles. The van der Waals surface area contributed by atoms with E-state index in [1.165, 1.54) is 7.11 Å². The van der Waals surface area contributed by atoms with Crippen molar-refractivity contribution >= 4 is 24.5 Å². The second kappa shape index (κ2) is 8.12. The van der Waals surface area contributed by atoms with Crippen LogP contribution in [0.5, 0.6) is 0 Å². The predicted molar refractivity (Wildman–Crippen MR) is 82.1 cm³/mol. The quantitative estimate of drug-likeness (QED) is 0.595. The third-order valence-electron chi connectivity index (χ3n) is 2.94. The van der Waals surface area contributed by atoms with Crippen molar-refractivity contribution in [2.45, 2.75) is 37.0 Å². The maximum Gasteiger partial charge on any atom is 0.328 e. The van der Waals surface area contributed by atoms with Crippen LogP contribution >= 0.6 is 12.6 Å². The number of hydrogen-bond acceptors (Lipinski definition) is 4. The molecular weight excluding hydrogens is 312 g/mol. The summed E-state index contributed by atoms with van der Waals surface area (Å²) >= 11 is 3.87. The van der Waals surface area contributed by atoms with Crippen molar-refractivity contribution in [3.63, 3.8) is 0 Å². The van der Waals surface area contributed by atoms with E-state index in [1.807, 2.05) is 6.07 Å². The Bertz CT molecular complexity index is 505. The molecular formula is C15H19F2NO3S. The number of carbonyl (C=O) groups excluding carboxylic acids is 2. The van der Waals surface area contributed by atoms with Crippen molar-refractivity contribution in [3.8, 4) is 0 Å². The number of benzene rings is 1. The minimum absolute atomic E-state index is 0.211. The van der Waals surface area contributed by atoms with Gasteiger partial charge in [-0.1, -0.05) is 30.3 Å². The minimum atomic E-state index is -3.01. The number of nitrogens with one attached hydrogen (secondary N) is 1. The highest BCUT2D eigenvalue weighted by Crippen LogP contribution is 2.21. The molecule has 0 aliphatic carbocycles. The number of rotatable bonds is 7. The van der Waals surface area contributed by atoms with Crippen molar-refractivity contribution in [1.82, 2.24) is 5.32 Å². The number of esters is 1. The van der Waals surface area contributed by atoms with Crippen LogP contribution in [0.15, 0.2) is 30.3 Å². The summed E-state index contributed by atoms with van der Waals surface area (Å²) in [5.41, 5.74) is 0.815. The molecule has 0 radical (unpaired) electrons. The van der Waals surface area contributed by atoms with Crippen LogP contribution < -0.4 is 5.32 Å². The summed E-state index contributed by atoms with van der Waals surface area (Å²) in [4.78, 5) is 23.7. The molecule has 1 amide bonds. The van der Waals surface area contributed by atoms with Gasteiger partial charge in [0, 0.05) is 12.8 Å². The van der Waals surface area contributed by atoms with Crippen molar-refractivity contribution in [1.29, 1.82) is 0 Å². The molecule has 1 rings (SSSR count). The maximum absolute atomic E-state index is 12.9. The van der Waals surface area contributed by atoms with E-state index in [4.69, 9.17) is 0 Å². The van der Waals surface area contributed by atoms with Gasteiger partial charge in [0.1, 0.15) is 6.04 Å². The molecule has 7 heteroatoms. The summed E-state index contributed by atoms with van der Waals surface area (Å²) in [6, 6.07) is 8.05. The van der Waals surface area contributed by atoms with E-state index < -0.39 is 35.5 Å². The first-order chi connectivity index (χ1) is 10.2. The fourth-order valence-electron chi connectivity index (χ4n) is 1.89. The number of ether oxygens (including phenoxy) is 1. The molecule has 0 saturated carbocycles. The third kappa shape index (κ3) is 6.43. The summed E-state index contributed by atoms with van der Waals surface area (Å²) < 4.78 is 30.5. The molecule has 1 N–H and O–H groups in total. The number of thiol groups is 1. The predicted octanol–water partition coefficient (Wildman–Crippen LogP) is 2.23. The van der Waals surface area contributed by atoms with Gasteiger partial charge in [-0.15, -0.1) is 0 Å². The summed E-state index contributed by atoms with van der Waals surface area (Å²) in [7, 11) is 1.20. The van der Waals surface area contributed by atoms with Crippen LogP contribution in [-0.4, -0.2) is 36.2 Å². The Morgan fingerprint density at radius 2 is 1.91 bits per heavy atom. The Morgan fingerprint density at radius 1 is 1.32 bits per heavy atom. The van der Waals surface area contributed by atoms with Gasteiger partial charge in [-0.2, -0.15) is 12.6 Å². The summed E-state index contributed by atoms with van der Waals surface area (Å²) in [6.07, 6.45) is -0.497. The Hall–Kier alpha value is -1.63. The van der Waals surface area contributed by atoms with Crippen LogP contribution in [0.25, 0.3) is 0 Å². The highest BCUT2D eigenvalue weighted by atomic mass is 32.1. The second-order valence-corrected chi connectivity index (χ2v) is 5.69. The zero-order valence-electron chi connectivity index (χ0n) is 12.4. The molecule has 0 aliphatic rings. The first-order valence-corrected chi connectivity index (χ1v) is 7.22. The largest absolute Gasteiger partial charge is 0.467 e. The number of methoxy groups -OCH3 is 1. The van der Waals surface area contributed by atoms with Gasteiger partial charge in [0.2, 0.25) is 11.8 Å². The Balaban J connectivity index is 2.73. The van der Waals surface area contributed by atoms with Crippen LogP contribution in [0, 0.1) is 0 Å². The molecule has 0 fully saturated rings. The van der Waals surface area contributed by atoms with Crippen LogP contribution in [0.3, 0.4) is 0 Å². The number of carbonyl (C=O) groups is 2. The van der Waals surface area contributed by atoms with Crippen molar-refractivity contribution < 1.29 is 23.1 Å². The number of hydrogen-bond donors (Lipinski definition) is 2. The van der Waals surface area contributed by atoms with E-state index in [9.17, 15) is 18.4 Å². The Kier molecular flexibility index (Phi) is 6.80. The summed E-state index contributed by atoms with van der Waals surface area (Å²) in [5, 5.41) is 1.21. The lowest BCUT2D eigenvalue weighted by molar-refractivity contribution is -0.145. The number of halogens is 2. The number of alkyl halides is 2. The lowest BCUT2D eigenvalue weighted by atomic mass is 10.1. The minimum Gasteiger partial charge on any atom is -0.467 e. The van der Waals surface area contributed by atoms with E-state index in [2.05, 4.69) is 22.7 Å². The Labute approximate surface area is 133 Å². The first kappa shape index (κ1) is 18.4. The molecule has 0 unspecified atom stereocenters. The molecule has 1 aromatic rings. The fourth-order valence-corrected chi connectivity index (χ4v) is 2.28. The van der Waals surface area contributed by atoms with Gasteiger partial charge in [0.15, 0.2) is 0 Å². The van der Waals surface area contributed by atoms with Gasteiger partial charge in [-0.3, -0.25) is 4.79 Å². The third-order valence-corrected chi connectivity index (χ3v) is 3.36. The first-order valence-electron chi connectivity index (χ1n) is 6.71. The van der Waals surface area contributed by atoms with Crippen LogP contribution in [0.2, 0.25) is 0 Å². The van der Waals surface area contributed by atoms with Gasteiger partial charge in [0.25, 0.3) is 0 Å². The highest BCUT2D eigenvalue weighted by Gasteiger charge is 2.31. The number of amides is 1. The zero-order chi connectivity index (χ0) is 16.8.